The van der Waals surface area contributed by atoms with Gasteiger partial charge in [0, 0.05) is 17.8 Å². The van der Waals surface area contributed by atoms with Crippen LogP contribution in [0.4, 0.5) is 5.69 Å². The zero-order valence-corrected chi connectivity index (χ0v) is 12.4. The van der Waals surface area contributed by atoms with E-state index in [-0.39, 0.29) is 11.8 Å². The Labute approximate surface area is 124 Å². The molecule has 3 N–H and O–H groups in total. The Bertz CT molecular complexity index is 562. The maximum absolute atomic E-state index is 12.2. The van der Waals surface area contributed by atoms with E-state index in [2.05, 4.69) is 24.1 Å². The molecule has 112 valence electrons. The van der Waals surface area contributed by atoms with Crippen molar-refractivity contribution in [1.82, 2.24) is 4.98 Å². The van der Waals surface area contributed by atoms with Gasteiger partial charge in [-0.15, -0.1) is 0 Å². The van der Waals surface area contributed by atoms with Gasteiger partial charge in [0.05, 0.1) is 12.1 Å². The molecule has 2 aromatic rings. The van der Waals surface area contributed by atoms with Crippen molar-refractivity contribution in [1.29, 1.82) is 0 Å². The fraction of sp³-hybridized carbons (Fsp3) is 0.375. The first-order valence-corrected chi connectivity index (χ1v) is 7.10. The van der Waals surface area contributed by atoms with Crippen molar-refractivity contribution in [3.8, 4) is 11.3 Å². The van der Waals surface area contributed by atoms with Crippen LogP contribution in [0.5, 0.6) is 0 Å². The average molecular weight is 287 g/mol. The molecule has 0 spiro atoms. The fourth-order valence-electron chi connectivity index (χ4n) is 2.20. The van der Waals surface area contributed by atoms with Gasteiger partial charge in [0.1, 0.15) is 0 Å². The number of anilines is 1. The van der Waals surface area contributed by atoms with Crippen molar-refractivity contribution in [3.05, 3.63) is 36.9 Å². The molecule has 0 saturated heterocycles. The molecule has 0 aliphatic rings. The number of oxazole rings is 1. The van der Waals surface area contributed by atoms with E-state index in [1.54, 1.807) is 6.20 Å². The Morgan fingerprint density at radius 3 is 2.57 bits per heavy atom. The quantitative estimate of drug-likeness (QED) is 0.856. The molecule has 0 fully saturated rings. The van der Waals surface area contributed by atoms with Crippen LogP contribution >= 0.6 is 0 Å². The van der Waals surface area contributed by atoms with Crippen LogP contribution in [0.2, 0.25) is 0 Å². The van der Waals surface area contributed by atoms with E-state index in [4.69, 9.17) is 10.2 Å². The summed E-state index contributed by atoms with van der Waals surface area (Å²) >= 11 is 0. The highest BCUT2D eigenvalue weighted by molar-refractivity contribution is 5.92. The number of aromatic nitrogens is 1. The van der Waals surface area contributed by atoms with Gasteiger partial charge in [0.15, 0.2) is 12.2 Å². The SMILES string of the molecule is CC(C)CC(CN)C(=O)Nc1ccc(-c2cnco2)cc1. The molecular formula is C16H21N3O2. The molecule has 0 aliphatic carbocycles. The Kier molecular flexibility index (Phi) is 5.11. The van der Waals surface area contributed by atoms with Crippen molar-refractivity contribution in [3.63, 3.8) is 0 Å². The van der Waals surface area contributed by atoms with Crippen LogP contribution in [0.25, 0.3) is 11.3 Å². The highest BCUT2D eigenvalue weighted by atomic mass is 16.3. The normalized spacial score (nSPS) is 12.4. The second kappa shape index (κ2) is 7.04. The van der Waals surface area contributed by atoms with Crippen LogP contribution in [0.15, 0.2) is 41.3 Å². The second-order valence-corrected chi connectivity index (χ2v) is 5.49. The van der Waals surface area contributed by atoms with Gasteiger partial charge < -0.3 is 15.5 Å². The van der Waals surface area contributed by atoms with Gasteiger partial charge in [-0.2, -0.15) is 0 Å². The fourth-order valence-corrected chi connectivity index (χ4v) is 2.20. The number of nitrogens with two attached hydrogens (primary N) is 1. The number of hydrogen-bond donors (Lipinski definition) is 2. The Balaban J connectivity index is 2.01. The summed E-state index contributed by atoms with van der Waals surface area (Å²) < 4.78 is 5.22. The molecular weight excluding hydrogens is 266 g/mol. The molecule has 0 aliphatic heterocycles. The molecule has 1 aromatic heterocycles. The van der Waals surface area contributed by atoms with Crippen LogP contribution in [-0.2, 0) is 4.79 Å². The van der Waals surface area contributed by atoms with Crippen molar-refractivity contribution in [2.75, 3.05) is 11.9 Å². The van der Waals surface area contributed by atoms with Gasteiger partial charge in [-0.1, -0.05) is 13.8 Å². The number of nitrogens with zero attached hydrogens (tertiary/aromatic N) is 1. The number of hydrogen-bond acceptors (Lipinski definition) is 4. The first-order chi connectivity index (χ1) is 10.1. The molecule has 21 heavy (non-hydrogen) atoms. The lowest BCUT2D eigenvalue weighted by Crippen LogP contribution is -2.30. The van der Waals surface area contributed by atoms with Gasteiger partial charge in [-0.3, -0.25) is 4.79 Å². The average Bonchev–Trinajstić information content (AvgIpc) is 2.99. The van der Waals surface area contributed by atoms with Crippen LogP contribution < -0.4 is 11.1 Å². The van der Waals surface area contributed by atoms with E-state index < -0.39 is 0 Å². The van der Waals surface area contributed by atoms with E-state index >= 15 is 0 Å². The monoisotopic (exact) mass is 287 g/mol. The van der Waals surface area contributed by atoms with Gasteiger partial charge in [0.2, 0.25) is 5.91 Å². The number of amides is 1. The molecule has 1 atom stereocenters. The van der Waals surface area contributed by atoms with E-state index in [1.807, 2.05) is 24.3 Å². The van der Waals surface area contributed by atoms with Crippen LogP contribution in [0.1, 0.15) is 20.3 Å². The minimum absolute atomic E-state index is 0.0291. The predicted octanol–water partition coefficient (Wildman–Crippen LogP) is 2.90. The highest BCUT2D eigenvalue weighted by Gasteiger charge is 2.18. The highest BCUT2D eigenvalue weighted by Crippen LogP contribution is 2.21. The van der Waals surface area contributed by atoms with Crippen LogP contribution in [-0.4, -0.2) is 17.4 Å². The molecule has 1 heterocycles. The number of nitrogens with one attached hydrogen (secondary N) is 1. The predicted molar refractivity (Wildman–Crippen MR) is 82.6 cm³/mol. The minimum atomic E-state index is -0.154. The third-order valence-corrected chi connectivity index (χ3v) is 3.28. The van der Waals surface area contributed by atoms with Gasteiger partial charge in [-0.25, -0.2) is 4.98 Å². The summed E-state index contributed by atoms with van der Waals surface area (Å²) in [6.07, 6.45) is 3.84. The largest absolute Gasteiger partial charge is 0.444 e. The zero-order chi connectivity index (χ0) is 15.2. The molecule has 1 unspecified atom stereocenters. The lowest BCUT2D eigenvalue weighted by atomic mass is 9.96. The molecule has 2 rings (SSSR count). The van der Waals surface area contributed by atoms with Crippen molar-refractivity contribution in [2.45, 2.75) is 20.3 Å². The van der Waals surface area contributed by atoms with Crippen molar-refractivity contribution < 1.29 is 9.21 Å². The summed E-state index contributed by atoms with van der Waals surface area (Å²) in [5.74, 6) is 0.961. The summed E-state index contributed by atoms with van der Waals surface area (Å²) in [4.78, 5) is 16.1. The first-order valence-electron chi connectivity index (χ1n) is 7.10. The molecule has 1 amide bonds. The van der Waals surface area contributed by atoms with E-state index in [9.17, 15) is 4.79 Å². The smallest absolute Gasteiger partial charge is 0.228 e. The Hall–Kier alpha value is -2.14. The molecule has 0 radical (unpaired) electrons. The minimum Gasteiger partial charge on any atom is -0.444 e. The van der Waals surface area contributed by atoms with E-state index in [0.717, 1.165) is 17.7 Å². The standard InChI is InChI=1S/C16H21N3O2/c1-11(2)7-13(8-17)16(20)19-14-5-3-12(4-6-14)15-9-18-10-21-15/h3-6,9-11,13H,7-8,17H2,1-2H3,(H,19,20). The van der Waals surface area contributed by atoms with Crippen LogP contribution in [0, 0.1) is 11.8 Å². The molecule has 5 nitrogen and oxygen atoms in total. The summed E-state index contributed by atoms with van der Waals surface area (Å²) in [5.41, 5.74) is 7.36. The van der Waals surface area contributed by atoms with Gasteiger partial charge >= 0.3 is 0 Å². The second-order valence-electron chi connectivity index (χ2n) is 5.49. The summed E-state index contributed by atoms with van der Waals surface area (Å²) in [5, 5.41) is 2.91. The van der Waals surface area contributed by atoms with E-state index in [0.29, 0.717) is 18.2 Å². The summed E-state index contributed by atoms with van der Waals surface area (Å²) in [6, 6.07) is 7.46. The molecule has 0 bridgehead atoms. The lowest BCUT2D eigenvalue weighted by molar-refractivity contribution is -0.120. The number of carbonyl (C=O) groups excluding carboxylic acids is 1. The first kappa shape index (κ1) is 15.3. The summed E-state index contributed by atoms with van der Waals surface area (Å²) in [6.45, 7) is 4.53. The lowest BCUT2D eigenvalue weighted by Gasteiger charge is -2.16. The van der Waals surface area contributed by atoms with Crippen molar-refractivity contribution in [2.24, 2.45) is 17.6 Å². The Morgan fingerprint density at radius 1 is 1.33 bits per heavy atom. The van der Waals surface area contributed by atoms with Crippen LogP contribution in [0.3, 0.4) is 0 Å². The number of rotatable bonds is 6. The van der Waals surface area contributed by atoms with E-state index in [1.165, 1.54) is 6.39 Å². The van der Waals surface area contributed by atoms with Gasteiger partial charge in [-0.05, 0) is 36.6 Å². The topological polar surface area (TPSA) is 81.2 Å². The molecule has 0 saturated carbocycles. The van der Waals surface area contributed by atoms with Crippen molar-refractivity contribution >= 4 is 11.6 Å². The van der Waals surface area contributed by atoms with Gasteiger partial charge in [0.25, 0.3) is 0 Å². The summed E-state index contributed by atoms with van der Waals surface area (Å²) in [7, 11) is 0. The molecule has 1 aromatic carbocycles. The third kappa shape index (κ3) is 4.16. The number of benzene rings is 1. The maximum Gasteiger partial charge on any atom is 0.228 e. The molecule has 5 heteroatoms. The maximum atomic E-state index is 12.2. The zero-order valence-electron chi connectivity index (χ0n) is 12.4. The Morgan fingerprint density at radius 2 is 2.05 bits per heavy atom. The number of carbonyl (C=O) groups is 1. The third-order valence-electron chi connectivity index (χ3n) is 3.28.